The molecule has 0 spiro atoms. The van der Waals surface area contributed by atoms with Gasteiger partial charge in [-0.15, -0.1) is 0 Å². The van der Waals surface area contributed by atoms with Gasteiger partial charge in [0.15, 0.2) is 0 Å². The number of aryl methyl sites for hydroxylation is 1. The van der Waals surface area contributed by atoms with Crippen LogP contribution in [-0.4, -0.2) is 18.1 Å². The standard InChI is InChI=1S/C22H16BrFN2O3/c1-14-3-2-4-16(11-14)22(28)29-20-10-7-18(23)12-17(20)13-25-26-21(27)15-5-8-19(24)9-6-15/h2-13H,1H3,(H,26,27). The highest BCUT2D eigenvalue weighted by Gasteiger charge is 2.12. The van der Waals surface area contributed by atoms with Gasteiger partial charge in [0.1, 0.15) is 11.6 Å². The molecule has 3 aromatic rings. The van der Waals surface area contributed by atoms with Gasteiger partial charge in [-0.2, -0.15) is 5.10 Å². The van der Waals surface area contributed by atoms with Crippen LogP contribution in [0.4, 0.5) is 4.39 Å². The van der Waals surface area contributed by atoms with Crippen LogP contribution in [0, 0.1) is 12.7 Å². The largest absolute Gasteiger partial charge is 0.422 e. The van der Waals surface area contributed by atoms with E-state index in [0.717, 1.165) is 10.0 Å². The number of hydrogen-bond acceptors (Lipinski definition) is 4. The van der Waals surface area contributed by atoms with Crippen molar-refractivity contribution in [2.75, 3.05) is 0 Å². The first kappa shape index (κ1) is 20.4. The monoisotopic (exact) mass is 454 g/mol. The maximum absolute atomic E-state index is 12.9. The van der Waals surface area contributed by atoms with Crippen molar-refractivity contribution in [3.63, 3.8) is 0 Å². The minimum atomic E-state index is -0.499. The Kier molecular flexibility index (Phi) is 6.51. The summed E-state index contributed by atoms with van der Waals surface area (Å²) in [5.74, 6) is -1.13. The number of benzene rings is 3. The second kappa shape index (κ2) is 9.25. The zero-order chi connectivity index (χ0) is 20.8. The Labute approximate surface area is 175 Å². The van der Waals surface area contributed by atoms with Crippen LogP contribution in [0.3, 0.4) is 0 Å². The van der Waals surface area contributed by atoms with Gasteiger partial charge in [0, 0.05) is 15.6 Å². The second-order valence-electron chi connectivity index (χ2n) is 6.15. The van der Waals surface area contributed by atoms with Crippen molar-refractivity contribution in [1.82, 2.24) is 5.43 Å². The summed E-state index contributed by atoms with van der Waals surface area (Å²) in [6.45, 7) is 1.89. The summed E-state index contributed by atoms with van der Waals surface area (Å²) in [6.07, 6.45) is 1.37. The lowest BCUT2D eigenvalue weighted by Crippen LogP contribution is -2.17. The van der Waals surface area contributed by atoms with Crippen molar-refractivity contribution in [3.8, 4) is 5.75 Å². The molecule has 7 heteroatoms. The molecule has 0 aliphatic heterocycles. The van der Waals surface area contributed by atoms with Gasteiger partial charge in [-0.1, -0.05) is 33.6 Å². The molecule has 0 saturated carbocycles. The molecule has 0 saturated heterocycles. The Morgan fingerprint density at radius 2 is 1.79 bits per heavy atom. The summed E-state index contributed by atoms with van der Waals surface area (Å²) < 4.78 is 19.2. The quantitative estimate of drug-likeness (QED) is 0.258. The number of halogens is 2. The maximum atomic E-state index is 12.9. The first-order valence-corrected chi connectivity index (χ1v) is 9.39. The van der Waals surface area contributed by atoms with Crippen LogP contribution in [0.1, 0.15) is 31.8 Å². The third kappa shape index (κ3) is 5.58. The summed E-state index contributed by atoms with van der Waals surface area (Å²) in [5.41, 5.74) is 4.49. The Bertz CT molecular complexity index is 1080. The minimum absolute atomic E-state index is 0.267. The highest BCUT2D eigenvalue weighted by molar-refractivity contribution is 9.10. The van der Waals surface area contributed by atoms with Gasteiger partial charge in [-0.25, -0.2) is 14.6 Å². The van der Waals surface area contributed by atoms with Gasteiger partial charge in [-0.05, 0) is 61.5 Å². The molecule has 146 valence electrons. The van der Waals surface area contributed by atoms with Crippen LogP contribution in [0.15, 0.2) is 76.3 Å². The smallest absolute Gasteiger partial charge is 0.343 e. The fourth-order valence-corrected chi connectivity index (χ4v) is 2.85. The van der Waals surface area contributed by atoms with E-state index in [9.17, 15) is 14.0 Å². The zero-order valence-electron chi connectivity index (χ0n) is 15.4. The van der Waals surface area contributed by atoms with Crippen molar-refractivity contribution in [3.05, 3.63) is 99.3 Å². The summed E-state index contributed by atoms with van der Waals surface area (Å²) in [6, 6.07) is 17.2. The van der Waals surface area contributed by atoms with Crippen molar-refractivity contribution < 1.29 is 18.7 Å². The van der Waals surface area contributed by atoms with Crippen LogP contribution < -0.4 is 10.2 Å². The molecule has 1 amide bonds. The van der Waals surface area contributed by atoms with Gasteiger partial charge in [0.2, 0.25) is 0 Å². The minimum Gasteiger partial charge on any atom is -0.422 e. The number of hydrogen-bond donors (Lipinski definition) is 1. The zero-order valence-corrected chi connectivity index (χ0v) is 16.9. The number of nitrogens with one attached hydrogen (secondary N) is 1. The lowest BCUT2D eigenvalue weighted by Gasteiger charge is -2.08. The number of carbonyl (C=O) groups is 2. The van der Waals surface area contributed by atoms with Crippen LogP contribution in [0.25, 0.3) is 0 Å². The summed E-state index contributed by atoms with van der Waals surface area (Å²) in [4.78, 5) is 24.5. The van der Waals surface area contributed by atoms with Crippen molar-refractivity contribution in [2.45, 2.75) is 6.92 Å². The summed E-state index contributed by atoms with van der Waals surface area (Å²) in [5, 5.41) is 3.91. The maximum Gasteiger partial charge on any atom is 0.343 e. The van der Waals surface area contributed by atoms with Crippen molar-refractivity contribution in [2.24, 2.45) is 5.10 Å². The van der Waals surface area contributed by atoms with E-state index in [1.165, 1.54) is 30.5 Å². The third-order valence-electron chi connectivity index (χ3n) is 3.90. The molecule has 0 radical (unpaired) electrons. The number of rotatable bonds is 5. The molecule has 0 heterocycles. The van der Waals surface area contributed by atoms with Crippen LogP contribution in [-0.2, 0) is 0 Å². The molecule has 0 atom stereocenters. The molecule has 29 heavy (non-hydrogen) atoms. The molecule has 0 aromatic heterocycles. The predicted octanol–water partition coefficient (Wildman–Crippen LogP) is 4.88. The van der Waals surface area contributed by atoms with Crippen molar-refractivity contribution in [1.29, 1.82) is 0 Å². The Hall–Kier alpha value is -3.32. The van der Waals surface area contributed by atoms with E-state index in [1.54, 1.807) is 36.4 Å². The number of esters is 1. The molecule has 0 fully saturated rings. The predicted molar refractivity (Wildman–Crippen MR) is 112 cm³/mol. The highest BCUT2D eigenvalue weighted by atomic mass is 79.9. The number of ether oxygens (including phenoxy) is 1. The molecule has 3 rings (SSSR count). The SMILES string of the molecule is Cc1cccc(C(=O)Oc2ccc(Br)cc2C=NNC(=O)c2ccc(F)cc2)c1. The molecule has 5 nitrogen and oxygen atoms in total. The average molecular weight is 455 g/mol. The fourth-order valence-electron chi connectivity index (χ4n) is 2.47. The van der Waals surface area contributed by atoms with E-state index in [4.69, 9.17) is 4.74 Å². The average Bonchev–Trinajstić information content (AvgIpc) is 2.70. The normalized spacial score (nSPS) is 10.7. The topological polar surface area (TPSA) is 67.8 Å². The molecule has 0 bridgehead atoms. The molecule has 0 aliphatic carbocycles. The number of nitrogens with zero attached hydrogens (tertiary/aromatic N) is 1. The first-order chi connectivity index (χ1) is 13.9. The number of amides is 1. The molecule has 3 aromatic carbocycles. The van der Waals surface area contributed by atoms with Crippen LogP contribution in [0.5, 0.6) is 5.75 Å². The van der Waals surface area contributed by atoms with E-state index >= 15 is 0 Å². The molecular weight excluding hydrogens is 439 g/mol. The Morgan fingerprint density at radius 3 is 2.52 bits per heavy atom. The second-order valence-corrected chi connectivity index (χ2v) is 7.06. The third-order valence-corrected chi connectivity index (χ3v) is 4.40. The lowest BCUT2D eigenvalue weighted by molar-refractivity contribution is 0.0734. The molecule has 0 unspecified atom stereocenters. The summed E-state index contributed by atoms with van der Waals surface area (Å²) >= 11 is 3.36. The van der Waals surface area contributed by atoms with Gasteiger partial charge >= 0.3 is 5.97 Å². The fraction of sp³-hybridized carbons (Fsp3) is 0.0455. The van der Waals surface area contributed by atoms with E-state index in [-0.39, 0.29) is 5.56 Å². The van der Waals surface area contributed by atoms with E-state index in [2.05, 4.69) is 26.5 Å². The van der Waals surface area contributed by atoms with Gasteiger partial charge in [0.25, 0.3) is 5.91 Å². The number of hydrazone groups is 1. The van der Waals surface area contributed by atoms with Crippen LogP contribution >= 0.6 is 15.9 Å². The van der Waals surface area contributed by atoms with Gasteiger partial charge in [-0.3, -0.25) is 4.79 Å². The molecular formula is C22H16BrFN2O3. The van der Waals surface area contributed by atoms with E-state index < -0.39 is 17.7 Å². The van der Waals surface area contributed by atoms with E-state index in [1.807, 2.05) is 13.0 Å². The van der Waals surface area contributed by atoms with Gasteiger partial charge in [0.05, 0.1) is 11.8 Å². The molecule has 1 N–H and O–H groups in total. The van der Waals surface area contributed by atoms with Crippen LogP contribution in [0.2, 0.25) is 0 Å². The van der Waals surface area contributed by atoms with Gasteiger partial charge < -0.3 is 4.74 Å². The number of carbonyl (C=O) groups excluding carboxylic acids is 2. The Balaban J connectivity index is 1.74. The highest BCUT2D eigenvalue weighted by Crippen LogP contribution is 2.23. The molecule has 0 aliphatic rings. The Morgan fingerprint density at radius 1 is 1.03 bits per heavy atom. The van der Waals surface area contributed by atoms with E-state index in [0.29, 0.717) is 16.9 Å². The van der Waals surface area contributed by atoms with Crippen molar-refractivity contribution >= 4 is 34.0 Å². The first-order valence-electron chi connectivity index (χ1n) is 8.60. The lowest BCUT2D eigenvalue weighted by atomic mass is 10.1. The summed E-state index contributed by atoms with van der Waals surface area (Å²) in [7, 11) is 0.